The van der Waals surface area contributed by atoms with Crippen LogP contribution < -0.4 is 0 Å². The normalized spacial score (nSPS) is 12.9. The molecule has 0 nitrogen and oxygen atoms in total. The second-order valence-electron chi connectivity index (χ2n) is 3.02. The van der Waals surface area contributed by atoms with Gasteiger partial charge in [-0.05, 0) is 18.9 Å². The fraction of sp³-hybridized carbons (Fsp3) is 0.300. The summed E-state index contributed by atoms with van der Waals surface area (Å²) in [4.78, 5) is 0. The number of hydrogen-bond donors (Lipinski definition) is 0. The van der Waals surface area contributed by atoms with Gasteiger partial charge in [-0.1, -0.05) is 24.3 Å². The Morgan fingerprint density at radius 1 is 0.933 bits per heavy atom. The molecule has 0 aromatic heterocycles. The van der Waals surface area contributed by atoms with Crippen LogP contribution in [0, 0.1) is 6.92 Å². The topological polar surface area (TPSA) is 0 Å². The molecule has 1 radical (unpaired) electrons. The van der Waals surface area contributed by atoms with Crippen LogP contribution in [0.5, 0.6) is 0 Å². The Labute approximate surface area is 83.7 Å². The van der Waals surface area contributed by atoms with Crippen LogP contribution in [-0.2, 0) is 12.3 Å². The van der Waals surface area contributed by atoms with Gasteiger partial charge in [0, 0.05) is 5.56 Å². The monoisotopic (exact) mass is 223 g/mol. The molecule has 0 saturated carbocycles. The maximum Gasteiger partial charge on any atom is 0.458 e. The Hall–Kier alpha value is -1.13. The first-order valence-electron chi connectivity index (χ1n) is 4.12. The molecule has 0 aliphatic rings. The maximum absolute atomic E-state index is 12.8. The van der Waals surface area contributed by atoms with Crippen LogP contribution in [0.4, 0.5) is 22.0 Å². The van der Waals surface area contributed by atoms with Crippen molar-refractivity contribution < 1.29 is 22.0 Å². The molecule has 83 valence electrons. The lowest BCUT2D eigenvalue weighted by atomic mass is 10.0. The Balaban J connectivity index is 3.06. The molecule has 0 unspecified atom stereocenters. The highest BCUT2D eigenvalue weighted by Crippen LogP contribution is 2.43. The molecule has 5 heteroatoms. The zero-order valence-corrected chi connectivity index (χ0v) is 7.61. The number of halogens is 5. The third-order valence-electron chi connectivity index (χ3n) is 1.96. The summed E-state index contributed by atoms with van der Waals surface area (Å²) in [6.07, 6.45) is -5.21. The van der Waals surface area contributed by atoms with Gasteiger partial charge in [-0.25, -0.2) is 0 Å². The molecule has 0 heterocycles. The highest BCUT2D eigenvalue weighted by atomic mass is 19.4. The zero-order valence-electron chi connectivity index (χ0n) is 7.61. The van der Waals surface area contributed by atoms with Gasteiger partial charge in [0.1, 0.15) is 0 Å². The summed E-state index contributed by atoms with van der Waals surface area (Å²) < 4.78 is 61.3. The van der Waals surface area contributed by atoms with Gasteiger partial charge < -0.3 is 0 Å². The van der Waals surface area contributed by atoms with E-state index in [4.69, 9.17) is 0 Å². The molecule has 1 aromatic rings. The molecule has 15 heavy (non-hydrogen) atoms. The molecule has 0 saturated heterocycles. The second kappa shape index (κ2) is 3.79. The van der Waals surface area contributed by atoms with Gasteiger partial charge in [-0.3, -0.25) is 0 Å². The van der Waals surface area contributed by atoms with Crippen molar-refractivity contribution in [3.63, 3.8) is 0 Å². The average Bonchev–Trinajstić information content (AvgIpc) is 2.16. The summed E-state index contributed by atoms with van der Waals surface area (Å²) in [5, 5.41) is 0. The molecule has 1 rings (SSSR count). The third-order valence-corrected chi connectivity index (χ3v) is 1.96. The van der Waals surface area contributed by atoms with Crippen molar-refractivity contribution in [2.24, 2.45) is 0 Å². The van der Waals surface area contributed by atoms with Crippen LogP contribution in [0.2, 0.25) is 0 Å². The molecule has 0 aliphatic carbocycles. The molecular formula is C10H8F5. The van der Waals surface area contributed by atoms with Gasteiger partial charge in [0.05, 0.1) is 0 Å². The fourth-order valence-corrected chi connectivity index (χ4v) is 1.04. The molecule has 0 N–H and O–H groups in total. The van der Waals surface area contributed by atoms with E-state index < -0.39 is 17.7 Å². The first kappa shape index (κ1) is 11.9. The summed E-state index contributed by atoms with van der Waals surface area (Å²) in [6, 6.07) is 3.96. The van der Waals surface area contributed by atoms with Gasteiger partial charge in [0.25, 0.3) is 0 Å². The minimum atomic E-state index is -5.56. The van der Waals surface area contributed by atoms with Gasteiger partial charge >= 0.3 is 12.1 Å². The van der Waals surface area contributed by atoms with Gasteiger partial charge in [0.2, 0.25) is 0 Å². The van der Waals surface area contributed by atoms with Crippen LogP contribution >= 0.6 is 0 Å². The maximum atomic E-state index is 12.8. The smallest absolute Gasteiger partial charge is 0.191 e. The molecule has 0 bridgehead atoms. The van der Waals surface area contributed by atoms with E-state index in [9.17, 15) is 22.0 Å². The van der Waals surface area contributed by atoms with Crippen molar-refractivity contribution in [2.75, 3.05) is 0 Å². The van der Waals surface area contributed by atoms with Crippen LogP contribution in [-0.4, -0.2) is 6.18 Å². The van der Waals surface area contributed by atoms with Crippen LogP contribution in [0.25, 0.3) is 0 Å². The highest BCUT2D eigenvalue weighted by molar-refractivity contribution is 5.27. The first-order chi connectivity index (χ1) is 6.79. The Bertz CT molecular complexity index is 323. The number of alkyl halides is 5. The number of rotatable bonds is 2. The highest BCUT2D eigenvalue weighted by Gasteiger charge is 2.58. The Morgan fingerprint density at radius 3 is 1.73 bits per heavy atom. The first-order valence-corrected chi connectivity index (χ1v) is 4.12. The van der Waals surface area contributed by atoms with E-state index in [0.29, 0.717) is 12.0 Å². The summed E-state index contributed by atoms with van der Waals surface area (Å²) in [5.74, 6) is -4.80. The van der Waals surface area contributed by atoms with Crippen molar-refractivity contribution in [1.82, 2.24) is 0 Å². The summed E-state index contributed by atoms with van der Waals surface area (Å²) in [5.41, 5.74) is -0.441. The molecule has 0 spiro atoms. The predicted molar refractivity (Wildman–Crippen MR) is 45.5 cm³/mol. The molecular weight excluding hydrogens is 215 g/mol. The van der Waals surface area contributed by atoms with E-state index in [1.54, 1.807) is 0 Å². The number of benzene rings is 1. The van der Waals surface area contributed by atoms with E-state index >= 15 is 0 Å². The predicted octanol–water partition coefficient (Wildman–Crippen LogP) is 3.72. The SMILES string of the molecule is [CH2]Cc1ccc(C(F)(F)C(F)(F)F)cc1. The van der Waals surface area contributed by atoms with Crippen LogP contribution in [0.3, 0.4) is 0 Å². The van der Waals surface area contributed by atoms with Gasteiger partial charge in [-0.15, -0.1) is 0 Å². The zero-order chi connectivity index (χ0) is 11.7. The van der Waals surface area contributed by atoms with Crippen molar-refractivity contribution in [2.45, 2.75) is 18.5 Å². The summed E-state index contributed by atoms with van der Waals surface area (Å²) in [6.45, 7) is 3.49. The third kappa shape index (κ3) is 2.27. The van der Waals surface area contributed by atoms with E-state index in [0.717, 1.165) is 12.1 Å². The van der Waals surface area contributed by atoms with Crippen molar-refractivity contribution in [3.8, 4) is 0 Å². The Kier molecular flexibility index (Phi) is 3.02. The van der Waals surface area contributed by atoms with E-state index in [2.05, 4.69) is 6.92 Å². The van der Waals surface area contributed by atoms with Crippen LogP contribution in [0.1, 0.15) is 11.1 Å². The summed E-state index contributed by atoms with van der Waals surface area (Å²) >= 11 is 0. The average molecular weight is 223 g/mol. The second-order valence-corrected chi connectivity index (χ2v) is 3.02. The molecule has 1 aromatic carbocycles. The standard InChI is InChI=1S/C10H8F5/c1-2-7-3-5-8(6-4-7)9(11,12)10(13,14)15/h3-6H,1-2H2. The quantitative estimate of drug-likeness (QED) is 0.670. The minimum absolute atomic E-state index is 0.345. The van der Waals surface area contributed by atoms with Crippen molar-refractivity contribution >= 4 is 0 Å². The van der Waals surface area contributed by atoms with E-state index in [1.165, 1.54) is 12.1 Å². The number of hydrogen-bond acceptors (Lipinski definition) is 0. The largest absolute Gasteiger partial charge is 0.458 e. The van der Waals surface area contributed by atoms with Crippen LogP contribution in [0.15, 0.2) is 24.3 Å². The van der Waals surface area contributed by atoms with E-state index in [-0.39, 0.29) is 0 Å². The molecule has 0 atom stereocenters. The van der Waals surface area contributed by atoms with Gasteiger partial charge in [-0.2, -0.15) is 22.0 Å². The molecule has 0 aliphatic heterocycles. The van der Waals surface area contributed by atoms with Crippen molar-refractivity contribution in [1.29, 1.82) is 0 Å². The lowest BCUT2D eigenvalue weighted by Gasteiger charge is -2.19. The minimum Gasteiger partial charge on any atom is -0.191 e. The van der Waals surface area contributed by atoms with E-state index in [1.807, 2.05) is 0 Å². The lowest BCUT2D eigenvalue weighted by molar-refractivity contribution is -0.289. The molecule has 0 amide bonds. The lowest BCUT2D eigenvalue weighted by Crippen LogP contribution is -2.33. The van der Waals surface area contributed by atoms with Gasteiger partial charge in [0.15, 0.2) is 0 Å². The fourth-order valence-electron chi connectivity index (χ4n) is 1.04. The summed E-state index contributed by atoms with van der Waals surface area (Å²) in [7, 11) is 0. The molecule has 0 fully saturated rings. The van der Waals surface area contributed by atoms with Crippen molar-refractivity contribution in [3.05, 3.63) is 42.3 Å². The Morgan fingerprint density at radius 2 is 1.40 bits per heavy atom.